The van der Waals surface area contributed by atoms with Gasteiger partial charge in [0.1, 0.15) is 17.2 Å². The molecule has 0 aliphatic rings. The van der Waals surface area contributed by atoms with Crippen LogP contribution in [0.4, 0.5) is 0 Å². The lowest BCUT2D eigenvalue weighted by Gasteiger charge is -2.23. The Hall–Kier alpha value is -1.43. The lowest BCUT2D eigenvalue weighted by molar-refractivity contribution is -0.144. The molecule has 1 aromatic rings. The summed E-state index contributed by atoms with van der Waals surface area (Å²) in [5, 5.41) is 16.2. The Labute approximate surface area is 101 Å². The Morgan fingerprint density at radius 1 is 1.53 bits per heavy atom. The molecule has 0 spiro atoms. The fraction of sp³-hybridized carbons (Fsp3) is 0.727. The Morgan fingerprint density at radius 3 is 2.59 bits per heavy atom. The summed E-state index contributed by atoms with van der Waals surface area (Å²) in [6.45, 7) is 6.12. The van der Waals surface area contributed by atoms with Crippen molar-refractivity contribution in [1.82, 2.24) is 20.1 Å². The van der Waals surface area contributed by atoms with Gasteiger partial charge in [0.15, 0.2) is 0 Å². The number of carboxylic acid groups (broad SMARTS) is 1. The Kier molecular flexibility index (Phi) is 4.22. The molecule has 1 unspecified atom stereocenters. The molecule has 0 saturated heterocycles. The van der Waals surface area contributed by atoms with Gasteiger partial charge in [-0.25, -0.2) is 4.98 Å². The molecule has 6 nitrogen and oxygen atoms in total. The number of aromatic nitrogens is 3. The summed E-state index contributed by atoms with van der Waals surface area (Å²) in [5.41, 5.74) is -0.871. The maximum absolute atomic E-state index is 11.1. The van der Waals surface area contributed by atoms with E-state index in [4.69, 9.17) is 5.11 Å². The number of nitrogens with one attached hydrogen (secondary N) is 1. The molecule has 0 aromatic carbocycles. The highest BCUT2D eigenvalue weighted by Gasteiger charge is 2.30. The number of aliphatic carboxylic acids is 1. The fourth-order valence-electron chi connectivity index (χ4n) is 1.69. The van der Waals surface area contributed by atoms with Gasteiger partial charge >= 0.3 is 5.97 Å². The van der Waals surface area contributed by atoms with Gasteiger partial charge in [0.2, 0.25) is 0 Å². The van der Waals surface area contributed by atoms with Crippen LogP contribution in [0.15, 0.2) is 0 Å². The van der Waals surface area contributed by atoms with Crippen LogP contribution in [0, 0.1) is 13.8 Å². The molecule has 0 fully saturated rings. The topological polar surface area (TPSA) is 80.0 Å². The number of hydrogen-bond acceptors (Lipinski definition) is 4. The average molecular weight is 240 g/mol. The summed E-state index contributed by atoms with van der Waals surface area (Å²) in [6.07, 6.45) is 1.30. The molecule has 0 saturated carbocycles. The molecular formula is C11H20N4O2. The van der Waals surface area contributed by atoms with Crippen molar-refractivity contribution >= 4 is 5.97 Å². The maximum Gasteiger partial charge on any atom is 0.323 e. The molecule has 2 N–H and O–H groups in total. The summed E-state index contributed by atoms with van der Waals surface area (Å²) in [4.78, 5) is 15.3. The molecule has 96 valence electrons. The zero-order valence-electron chi connectivity index (χ0n) is 10.8. The minimum atomic E-state index is -0.871. The first-order valence-corrected chi connectivity index (χ1v) is 5.69. The van der Waals surface area contributed by atoms with Gasteiger partial charge < -0.3 is 10.4 Å². The highest BCUT2D eigenvalue weighted by molar-refractivity contribution is 5.78. The van der Waals surface area contributed by atoms with Gasteiger partial charge in [0.25, 0.3) is 0 Å². The van der Waals surface area contributed by atoms with Crippen molar-refractivity contribution in [2.24, 2.45) is 0 Å². The molecule has 1 atom stereocenters. The molecular weight excluding hydrogens is 220 g/mol. The van der Waals surface area contributed by atoms with Gasteiger partial charge in [-0.3, -0.25) is 9.48 Å². The second-order valence-corrected chi connectivity index (χ2v) is 4.42. The zero-order valence-corrected chi connectivity index (χ0v) is 10.8. The molecule has 0 aliphatic carbocycles. The van der Waals surface area contributed by atoms with Gasteiger partial charge in [-0.2, -0.15) is 5.10 Å². The number of carbonyl (C=O) groups is 1. The van der Waals surface area contributed by atoms with Crippen molar-refractivity contribution in [3.8, 4) is 0 Å². The largest absolute Gasteiger partial charge is 0.480 e. The van der Waals surface area contributed by atoms with Crippen LogP contribution < -0.4 is 5.32 Å². The summed E-state index contributed by atoms with van der Waals surface area (Å²) in [5.74, 6) is 0.785. The highest BCUT2D eigenvalue weighted by Crippen LogP contribution is 2.13. The molecule has 6 heteroatoms. The highest BCUT2D eigenvalue weighted by atomic mass is 16.4. The number of nitrogens with zero attached hydrogens (tertiary/aromatic N) is 3. The number of hydrogen-bond donors (Lipinski definition) is 2. The lowest BCUT2D eigenvalue weighted by atomic mass is 9.96. The smallest absolute Gasteiger partial charge is 0.323 e. The van der Waals surface area contributed by atoms with Crippen LogP contribution in [0.1, 0.15) is 31.4 Å². The van der Waals surface area contributed by atoms with Crippen molar-refractivity contribution in [2.45, 2.75) is 45.7 Å². The fourth-order valence-corrected chi connectivity index (χ4v) is 1.69. The number of carboxylic acids is 1. The molecule has 1 rings (SSSR count). The van der Waals surface area contributed by atoms with Gasteiger partial charge in [0, 0.05) is 6.54 Å². The van der Waals surface area contributed by atoms with Crippen LogP contribution in [0.2, 0.25) is 0 Å². The quantitative estimate of drug-likeness (QED) is 0.766. The van der Waals surface area contributed by atoms with Crippen LogP contribution in [0.25, 0.3) is 0 Å². The normalized spacial score (nSPS) is 14.6. The van der Waals surface area contributed by atoms with Gasteiger partial charge in [-0.15, -0.1) is 0 Å². The predicted molar refractivity (Wildman–Crippen MR) is 63.8 cm³/mol. The third kappa shape index (κ3) is 3.26. The van der Waals surface area contributed by atoms with E-state index in [2.05, 4.69) is 15.4 Å². The van der Waals surface area contributed by atoms with E-state index in [0.29, 0.717) is 13.0 Å². The SMILES string of the molecule is CNC(C)(CCCn1nc(C)nc1C)C(=O)O. The first-order chi connectivity index (χ1) is 7.89. The summed E-state index contributed by atoms with van der Waals surface area (Å²) >= 11 is 0. The molecule has 17 heavy (non-hydrogen) atoms. The zero-order chi connectivity index (χ0) is 13.1. The van der Waals surface area contributed by atoms with Gasteiger partial charge in [-0.1, -0.05) is 0 Å². The maximum atomic E-state index is 11.1. The second-order valence-electron chi connectivity index (χ2n) is 4.42. The molecule has 0 aliphatic heterocycles. The molecule has 0 radical (unpaired) electrons. The van der Waals surface area contributed by atoms with Crippen LogP contribution in [0.3, 0.4) is 0 Å². The summed E-state index contributed by atoms with van der Waals surface area (Å²) in [6, 6.07) is 0. The number of rotatable bonds is 6. The van der Waals surface area contributed by atoms with Crippen molar-refractivity contribution in [1.29, 1.82) is 0 Å². The van der Waals surface area contributed by atoms with Crippen molar-refractivity contribution < 1.29 is 9.90 Å². The molecule has 0 amide bonds. The van der Waals surface area contributed by atoms with Crippen molar-refractivity contribution in [3.63, 3.8) is 0 Å². The van der Waals surface area contributed by atoms with E-state index in [0.717, 1.165) is 18.1 Å². The monoisotopic (exact) mass is 240 g/mol. The van der Waals surface area contributed by atoms with E-state index in [1.165, 1.54) is 0 Å². The van der Waals surface area contributed by atoms with E-state index in [1.807, 2.05) is 18.5 Å². The third-order valence-corrected chi connectivity index (χ3v) is 3.03. The summed E-state index contributed by atoms with van der Waals surface area (Å²) < 4.78 is 1.81. The van der Waals surface area contributed by atoms with E-state index >= 15 is 0 Å². The predicted octanol–water partition coefficient (Wildman–Crippen LogP) is 0.738. The number of aryl methyl sites for hydroxylation is 3. The molecule has 1 heterocycles. The van der Waals surface area contributed by atoms with E-state index < -0.39 is 11.5 Å². The van der Waals surface area contributed by atoms with E-state index in [1.54, 1.807) is 14.0 Å². The van der Waals surface area contributed by atoms with Crippen LogP contribution in [0.5, 0.6) is 0 Å². The van der Waals surface area contributed by atoms with Gasteiger partial charge in [0.05, 0.1) is 0 Å². The molecule has 1 aromatic heterocycles. The van der Waals surface area contributed by atoms with E-state index in [9.17, 15) is 4.79 Å². The van der Waals surface area contributed by atoms with Crippen molar-refractivity contribution in [3.05, 3.63) is 11.6 Å². The standard InChI is InChI=1S/C11H20N4O2/c1-8-13-9(2)15(14-8)7-5-6-11(3,12-4)10(16)17/h12H,5-7H2,1-4H3,(H,16,17). The van der Waals surface area contributed by atoms with Gasteiger partial charge in [-0.05, 0) is 40.7 Å². The summed E-state index contributed by atoms with van der Waals surface area (Å²) in [7, 11) is 1.67. The first kappa shape index (κ1) is 13.6. The molecule has 0 bridgehead atoms. The Bertz CT molecular complexity index is 402. The van der Waals surface area contributed by atoms with E-state index in [-0.39, 0.29) is 0 Å². The van der Waals surface area contributed by atoms with Crippen LogP contribution in [-0.2, 0) is 11.3 Å². The lowest BCUT2D eigenvalue weighted by Crippen LogP contribution is -2.47. The number of likely N-dealkylation sites (N-methyl/N-ethyl adjacent to an activating group) is 1. The van der Waals surface area contributed by atoms with Crippen LogP contribution in [-0.4, -0.2) is 38.4 Å². The Morgan fingerprint density at radius 2 is 2.18 bits per heavy atom. The average Bonchev–Trinajstić information content (AvgIpc) is 2.57. The Balaban J connectivity index is 2.52. The minimum Gasteiger partial charge on any atom is -0.480 e. The first-order valence-electron chi connectivity index (χ1n) is 5.69. The minimum absolute atomic E-state index is 0.553. The van der Waals surface area contributed by atoms with Crippen LogP contribution >= 0.6 is 0 Å². The second kappa shape index (κ2) is 5.27. The van der Waals surface area contributed by atoms with Crippen molar-refractivity contribution in [2.75, 3.05) is 7.05 Å². The third-order valence-electron chi connectivity index (χ3n) is 3.03.